The molecule has 1 aliphatic carbocycles. The van der Waals surface area contributed by atoms with Crippen LogP contribution in [-0.4, -0.2) is 20.9 Å². The third-order valence-electron chi connectivity index (χ3n) is 6.74. The van der Waals surface area contributed by atoms with Crippen LogP contribution in [0.15, 0.2) is 71.6 Å². The number of nitrogens with one attached hydrogen (secondary N) is 1. The maximum Gasteiger partial charge on any atom is 0.264 e. The van der Waals surface area contributed by atoms with Gasteiger partial charge < -0.3 is 5.32 Å². The average molecular weight is 491 g/mol. The fourth-order valence-corrected chi connectivity index (χ4v) is 6.05. The monoisotopic (exact) mass is 490 g/mol. The number of carbonyl (C=O) groups is 1. The molecule has 4 rings (SSSR count). The van der Waals surface area contributed by atoms with Gasteiger partial charge in [-0.25, -0.2) is 8.42 Å². The molecular weight excluding hydrogens is 456 g/mol. The Morgan fingerprint density at radius 3 is 2.11 bits per heavy atom. The van der Waals surface area contributed by atoms with Gasteiger partial charge in [-0.05, 0) is 86.9 Å². The number of benzene rings is 3. The Hall–Kier alpha value is -3.12. The number of carbonyl (C=O) groups excluding carboxylic acids is 1. The molecule has 0 heterocycles. The van der Waals surface area contributed by atoms with Crippen molar-refractivity contribution in [2.45, 2.75) is 63.8 Å². The molecule has 1 atom stereocenters. The molecule has 1 N–H and O–H groups in total. The highest BCUT2D eigenvalue weighted by molar-refractivity contribution is 7.92. The minimum absolute atomic E-state index is 0.165. The number of sulfonamides is 1. The van der Waals surface area contributed by atoms with Crippen molar-refractivity contribution in [3.8, 4) is 0 Å². The van der Waals surface area contributed by atoms with E-state index in [9.17, 15) is 13.2 Å². The van der Waals surface area contributed by atoms with Crippen LogP contribution >= 0.6 is 0 Å². The molecule has 3 aromatic rings. The first-order chi connectivity index (χ1) is 16.8. The summed E-state index contributed by atoms with van der Waals surface area (Å²) in [6.07, 6.45) is 5.33. The molecule has 0 radical (unpaired) electrons. The molecule has 5 nitrogen and oxygen atoms in total. The summed E-state index contributed by atoms with van der Waals surface area (Å²) in [6, 6.07) is 20.2. The largest absolute Gasteiger partial charge is 0.348 e. The molecule has 0 saturated heterocycles. The maximum atomic E-state index is 13.6. The highest BCUT2D eigenvalue weighted by Crippen LogP contribution is 2.27. The summed E-state index contributed by atoms with van der Waals surface area (Å²) in [6.45, 7) is 5.60. The normalized spacial score (nSPS) is 14.1. The number of hydrogen-bond acceptors (Lipinski definition) is 3. The van der Waals surface area contributed by atoms with Crippen molar-refractivity contribution in [2.75, 3.05) is 10.8 Å². The van der Waals surface area contributed by atoms with E-state index in [1.165, 1.54) is 28.3 Å². The van der Waals surface area contributed by atoms with Gasteiger partial charge in [-0.2, -0.15) is 0 Å². The number of hydrogen-bond donors (Lipinski definition) is 1. The Morgan fingerprint density at radius 2 is 1.49 bits per heavy atom. The SMILES string of the molecule is CC[C@H](NC(=O)CN(c1ccc(C)cc1)S(=O)(=O)c1ccc(C)cc1)c1ccc2c(c1)CCCC2. The van der Waals surface area contributed by atoms with E-state index in [1.807, 2.05) is 32.9 Å². The van der Waals surface area contributed by atoms with Crippen LogP contribution in [0, 0.1) is 13.8 Å². The Bertz CT molecular complexity index is 1280. The van der Waals surface area contributed by atoms with Crippen LogP contribution in [0.3, 0.4) is 0 Å². The van der Waals surface area contributed by atoms with Crippen LogP contribution in [0.25, 0.3) is 0 Å². The molecule has 0 unspecified atom stereocenters. The van der Waals surface area contributed by atoms with E-state index < -0.39 is 10.0 Å². The van der Waals surface area contributed by atoms with Crippen molar-refractivity contribution in [3.63, 3.8) is 0 Å². The third-order valence-corrected chi connectivity index (χ3v) is 8.52. The van der Waals surface area contributed by atoms with E-state index in [0.717, 1.165) is 36.0 Å². The van der Waals surface area contributed by atoms with Gasteiger partial charge in [-0.15, -0.1) is 0 Å². The zero-order valence-corrected chi connectivity index (χ0v) is 21.6. The summed E-state index contributed by atoms with van der Waals surface area (Å²) in [4.78, 5) is 13.4. The molecule has 3 aromatic carbocycles. The Kier molecular flexibility index (Phi) is 7.60. The molecular formula is C29H34N2O3S. The van der Waals surface area contributed by atoms with Crippen LogP contribution in [0.5, 0.6) is 0 Å². The first kappa shape index (κ1) is 25.0. The molecule has 0 aromatic heterocycles. The lowest BCUT2D eigenvalue weighted by atomic mass is 9.89. The lowest BCUT2D eigenvalue weighted by Gasteiger charge is -2.26. The molecule has 0 fully saturated rings. The van der Waals surface area contributed by atoms with Gasteiger partial charge >= 0.3 is 0 Å². The summed E-state index contributed by atoms with van der Waals surface area (Å²) in [5.41, 5.74) is 6.29. The highest BCUT2D eigenvalue weighted by atomic mass is 32.2. The first-order valence-corrected chi connectivity index (χ1v) is 13.8. The minimum atomic E-state index is -3.93. The second-order valence-corrected chi connectivity index (χ2v) is 11.3. The van der Waals surface area contributed by atoms with E-state index in [1.54, 1.807) is 36.4 Å². The molecule has 35 heavy (non-hydrogen) atoms. The van der Waals surface area contributed by atoms with E-state index >= 15 is 0 Å². The van der Waals surface area contributed by atoms with Crippen molar-refractivity contribution in [1.29, 1.82) is 0 Å². The highest BCUT2D eigenvalue weighted by Gasteiger charge is 2.28. The van der Waals surface area contributed by atoms with Crippen molar-refractivity contribution < 1.29 is 13.2 Å². The lowest BCUT2D eigenvalue weighted by molar-refractivity contribution is -0.120. The minimum Gasteiger partial charge on any atom is -0.348 e. The number of nitrogens with zero attached hydrogens (tertiary/aromatic N) is 1. The molecule has 0 saturated carbocycles. The van der Waals surface area contributed by atoms with Crippen molar-refractivity contribution in [1.82, 2.24) is 5.32 Å². The number of rotatable bonds is 8. The summed E-state index contributed by atoms with van der Waals surface area (Å²) in [5, 5.41) is 3.09. The van der Waals surface area contributed by atoms with Crippen LogP contribution in [0.4, 0.5) is 5.69 Å². The van der Waals surface area contributed by atoms with E-state index in [0.29, 0.717) is 5.69 Å². The molecule has 1 aliphatic rings. The van der Waals surface area contributed by atoms with Gasteiger partial charge in [0.1, 0.15) is 6.54 Å². The van der Waals surface area contributed by atoms with Crippen LogP contribution in [0.2, 0.25) is 0 Å². The van der Waals surface area contributed by atoms with E-state index in [-0.39, 0.29) is 23.4 Å². The fraction of sp³-hybridized carbons (Fsp3) is 0.345. The second-order valence-electron chi connectivity index (χ2n) is 9.42. The topological polar surface area (TPSA) is 66.5 Å². The van der Waals surface area contributed by atoms with Crippen molar-refractivity contribution in [3.05, 3.63) is 94.5 Å². The third kappa shape index (κ3) is 5.76. The predicted molar refractivity (Wildman–Crippen MR) is 141 cm³/mol. The fourth-order valence-electron chi connectivity index (χ4n) is 4.63. The van der Waals surface area contributed by atoms with E-state index in [4.69, 9.17) is 0 Å². The van der Waals surface area contributed by atoms with Gasteiger partial charge in [0.2, 0.25) is 5.91 Å². The quantitative estimate of drug-likeness (QED) is 0.444. The molecule has 0 spiro atoms. The van der Waals surface area contributed by atoms with Gasteiger partial charge in [0.15, 0.2) is 0 Å². The summed E-state index contributed by atoms with van der Waals surface area (Å²) in [7, 11) is -3.93. The van der Waals surface area contributed by atoms with E-state index in [2.05, 4.69) is 23.5 Å². The number of amides is 1. The molecule has 184 valence electrons. The van der Waals surface area contributed by atoms with Gasteiger partial charge in [0, 0.05) is 0 Å². The predicted octanol–water partition coefficient (Wildman–Crippen LogP) is 5.65. The molecule has 1 amide bonds. The van der Waals surface area contributed by atoms with Gasteiger partial charge in [0.25, 0.3) is 10.0 Å². The van der Waals surface area contributed by atoms with Crippen LogP contribution in [-0.2, 0) is 27.7 Å². The summed E-state index contributed by atoms with van der Waals surface area (Å²) in [5.74, 6) is -0.328. The molecule has 6 heteroatoms. The zero-order valence-electron chi connectivity index (χ0n) is 20.8. The number of anilines is 1. The molecule has 0 aliphatic heterocycles. The summed E-state index contributed by atoms with van der Waals surface area (Å²) < 4.78 is 28.4. The first-order valence-electron chi connectivity index (χ1n) is 12.3. The van der Waals surface area contributed by atoms with Crippen molar-refractivity contribution >= 4 is 21.6 Å². The zero-order chi connectivity index (χ0) is 25.0. The Labute approximate surface area is 209 Å². The Balaban J connectivity index is 1.59. The van der Waals surface area contributed by atoms with Crippen molar-refractivity contribution in [2.24, 2.45) is 0 Å². The second kappa shape index (κ2) is 10.6. The summed E-state index contributed by atoms with van der Waals surface area (Å²) >= 11 is 0. The van der Waals surface area contributed by atoms with Crippen LogP contribution in [0.1, 0.15) is 60.0 Å². The average Bonchev–Trinajstić information content (AvgIpc) is 2.86. The Morgan fingerprint density at radius 1 is 0.886 bits per heavy atom. The molecule has 0 bridgehead atoms. The van der Waals surface area contributed by atoms with Gasteiger partial charge in [-0.1, -0.05) is 60.5 Å². The van der Waals surface area contributed by atoms with Gasteiger partial charge in [0.05, 0.1) is 16.6 Å². The lowest BCUT2D eigenvalue weighted by Crippen LogP contribution is -2.42. The maximum absolute atomic E-state index is 13.6. The number of fused-ring (bicyclic) bond motifs is 1. The standard InChI is InChI=1S/C29H34N2O3S/c1-4-28(25-14-13-23-7-5-6-8-24(23)19-25)30-29(32)20-31(26-15-9-21(2)10-16-26)35(33,34)27-17-11-22(3)12-18-27/h9-19,28H,4-8,20H2,1-3H3,(H,30,32)/t28-/m0/s1. The number of aryl methyl sites for hydroxylation is 4. The smallest absolute Gasteiger partial charge is 0.264 e. The van der Waals surface area contributed by atoms with Gasteiger partial charge in [-0.3, -0.25) is 9.10 Å². The van der Waals surface area contributed by atoms with Crippen LogP contribution < -0.4 is 9.62 Å².